The zero-order chi connectivity index (χ0) is 24.8. The molecule has 2 N–H and O–H groups in total. The smallest absolute Gasteiger partial charge is 0.319 e. The first-order valence-corrected chi connectivity index (χ1v) is 11.8. The fourth-order valence-corrected chi connectivity index (χ4v) is 4.46. The number of fused-ring (bicyclic) bond motifs is 1. The predicted molar refractivity (Wildman–Crippen MR) is 135 cm³/mol. The van der Waals surface area contributed by atoms with Crippen molar-refractivity contribution in [1.82, 2.24) is 24.7 Å². The molecule has 1 atom stereocenters. The zero-order valence-corrected chi connectivity index (χ0v) is 19.6. The molecule has 0 radical (unpaired) electrons. The maximum absolute atomic E-state index is 14.8. The van der Waals surface area contributed by atoms with Gasteiger partial charge in [0.15, 0.2) is 0 Å². The van der Waals surface area contributed by atoms with E-state index in [0.29, 0.717) is 16.8 Å². The van der Waals surface area contributed by atoms with Crippen molar-refractivity contribution in [3.63, 3.8) is 0 Å². The molecule has 36 heavy (non-hydrogen) atoms. The molecule has 182 valence electrons. The lowest BCUT2D eigenvalue weighted by Gasteiger charge is -2.18. The van der Waals surface area contributed by atoms with E-state index in [1.165, 1.54) is 12.2 Å². The number of nitrogens with zero attached hydrogens (tertiary/aromatic N) is 4. The van der Waals surface area contributed by atoms with Gasteiger partial charge in [-0.2, -0.15) is 10.2 Å². The molecule has 1 unspecified atom stereocenters. The van der Waals surface area contributed by atoms with Crippen molar-refractivity contribution >= 4 is 22.8 Å². The Bertz CT molecular complexity index is 1540. The Balaban J connectivity index is 1.41. The minimum Gasteiger partial charge on any atom is -0.335 e. The van der Waals surface area contributed by atoms with Crippen LogP contribution in [0.3, 0.4) is 0 Å². The normalized spacial score (nSPS) is 17.6. The van der Waals surface area contributed by atoms with Crippen LogP contribution in [-0.4, -0.2) is 37.6 Å². The minimum absolute atomic E-state index is 0.200. The van der Waals surface area contributed by atoms with Crippen molar-refractivity contribution in [3.8, 4) is 22.3 Å². The van der Waals surface area contributed by atoms with Crippen LogP contribution in [0.1, 0.15) is 24.8 Å². The van der Waals surface area contributed by atoms with E-state index in [4.69, 9.17) is 0 Å². The molecule has 0 spiro atoms. The summed E-state index contributed by atoms with van der Waals surface area (Å²) in [4.78, 5) is 12.4. The van der Waals surface area contributed by atoms with Gasteiger partial charge in [0, 0.05) is 54.3 Å². The van der Waals surface area contributed by atoms with Crippen LogP contribution >= 0.6 is 0 Å². The Morgan fingerprint density at radius 2 is 1.83 bits per heavy atom. The molecule has 3 heterocycles. The summed E-state index contributed by atoms with van der Waals surface area (Å²) in [5.74, 6) is -0.489. The topological polar surface area (TPSA) is 76.2 Å². The van der Waals surface area contributed by atoms with Gasteiger partial charge in [0.25, 0.3) is 0 Å². The summed E-state index contributed by atoms with van der Waals surface area (Å²) in [6.45, 7) is 0. The number of aryl methyl sites for hydroxylation is 1. The Kier molecular flexibility index (Phi) is 5.40. The van der Waals surface area contributed by atoms with Crippen LogP contribution in [-0.2, 0) is 7.05 Å². The molecule has 0 bridgehead atoms. The highest BCUT2D eigenvalue weighted by atomic mass is 19.1. The number of aromatic nitrogens is 4. The molecule has 2 aliphatic carbocycles. The summed E-state index contributed by atoms with van der Waals surface area (Å²) in [6.07, 6.45) is 10.3. The molecule has 1 aromatic carbocycles. The summed E-state index contributed by atoms with van der Waals surface area (Å²) in [7, 11) is 1.87. The van der Waals surface area contributed by atoms with Gasteiger partial charge in [0.1, 0.15) is 12.0 Å². The number of hydrogen-bond acceptors (Lipinski definition) is 3. The molecule has 9 heteroatoms. The highest BCUT2D eigenvalue weighted by Gasteiger charge is 2.24. The Morgan fingerprint density at radius 3 is 2.58 bits per heavy atom. The second kappa shape index (κ2) is 8.75. The summed E-state index contributed by atoms with van der Waals surface area (Å²) in [5.41, 5.74) is 5.87. The molecule has 0 saturated heterocycles. The van der Waals surface area contributed by atoms with E-state index < -0.39 is 12.0 Å². The molecular weight excluding hydrogens is 462 g/mol. The number of halogens is 2. The van der Waals surface area contributed by atoms with Crippen LogP contribution in [0.5, 0.6) is 0 Å². The second-order valence-electron chi connectivity index (χ2n) is 9.29. The molecule has 2 aliphatic rings. The molecule has 0 aliphatic heterocycles. The number of urea groups is 1. The largest absolute Gasteiger partial charge is 0.335 e. The summed E-state index contributed by atoms with van der Waals surface area (Å²) in [5, 5.41) is 14.5. The van der Waals surface area contributed by atoms with E-state index in [9.17, 15) is 13.6 Å². The van der Waals surface area contributed by atoms with Gasteiger partial charge in [0.2, 0.25) is 0 Å². The van der Waals surface area contributed by atoms with Crippen molar-refractivity contribution in [3.05, 3.63) is 78.7 Å². The lowest BCUT2D eigenvalue weighted by molar-refractivity contribution is 0.251. The first-order valence-electron chi connectivity index (χ1n) is 11.8. The number of alkyl halides is 1. The first-order chi connectivity index (χ1) is 17.4. The lowest BCUT2D eigenvalue weighted by Crippen LogP contribution is -2.30. The third-order valence-electron chi connectivity index (χ3n) is 6.46. The van der Waals surface area contributed by atoms with Crippen LogP contribution in [0.4, 0.5) is 19.3 Å². The van der Waals surface area contributed by atoms with E-state index in [-0.39, 0.29) is 18.5 Å². The average Bonchev–Trinajstić information content (AvgIpc) is 3.38. The van der Waals surface area contributed by atoms with Crippen LogP contribution in [0.25, 0.3) is 33.3 Å². The van der Waals surface area contributed by atoms with E-state index in [1.54, 1.807) is 27.7 Å². The number of anilines is 1. The van der Waals surface area contributed by atoms with Crippen molar-refractivity contribution in [1.29, 1.82) is 0 Å². The fraction of sp³-hybridized carbons (Fsp3) is 0.222. The minimum atomic E-state index is -1.47. The van der Waals surface area contributed by atoms with Crippen LogP contribution in [0, 0.1) is 0 Å². The number of allylic oxidation sites excluding steroid dienone is 4. The van der Waals surface area contributed by atoms with Crippen LogP contribution in [0.2, 0.25) is 0 Å². The van der Waals surface area contributed by atoms with Gasteiger partial charge < -0.3 is 10.6 Å². The number of rotatable bonds is 5. The lowest BCUT2D eigenvalue weighted by atomic mass is 9.92. The highest BCUT2D eigenvalue weighted by Crippen LogP contribution is 2.36. The highest BCUT2D eigenvalue weighted by molar-refractivity contribution is 5.93. The molecule has 2 amide bonds. The van der Waals surface area contributed by atoms with Gasteiger partial charge in [0.05, 0.1) is 17.9 Å². The maximum atomic E-state index is 14.8. The molecular formula is C27H24F2N6O. The van der Waals surface area contributed by atoms with E-state index >= 15 is 0 Å². The monoisotopic (exact) mass is 486 g/mol. The quantitative estimate of drug-likeness (QED) is 0.382. The number of benzene rings is 1. The molecule has 1 saturated carbocycles. The van der Waals surface area contributed by atoms with Crippen molar-refractivity contribution in [2.45, 2.75) is 31.5 Å². The number of carbonyl (C=O) groups is 1. The molecule has 6 rings (SSSR count). The van der Waals surface area contributed by atoms with Gasteiger partial charge in [-0.25, -0.2) is 18.1 Å². The van der Waals surface area contributed by atoms with Gasteiger partial charge in [-0.05, 0) is 59.9 Å². The first kappa shape index (κ1) is 22.2. The number of pyridine rings is 1. The SMILES string of the molecule is Cn1cc(-c2ccc3c(-c4cc(NC(=O)NC5CC5)cc(C5=CC=C(F)CC5F)c4)cnn3c2)cn1. The summed E-state index contributed by atoms with van der Waals surface area (Å²) < 4.78 is 32.0. The Morgan fingerprint density at radius 1 is 1.00 bits per heavy atom. The Labute approximate surface area is 206 Å². The molecule has 7 nitrogen and oxygen atoms in total. The third kappa shape index (κ3) is 4.39. The molecule has 4 aromatic rings. The van der Waals surface area contributed by atoms with Crippen LogP contribution in [0.15, 0.2) is 73.1 Å². The standard InChI is InChI=1S/C27H24F2N6O/c1-34-14-19(12-30-34)16-2-7-26-24(13-31-35(26)15-16)18-8-17(23-6-3-20(28)11-25(23)29)9-22(10-18)33-27(36)32-21-4-5-21/h2-3,6-10,12-15,21,25H,4-5,11H2,1H3,(H2,32,33,36). The van der Waals surface area contributed by atoms with Crippen molar-refractivity contribution in [2.75, 3.05) is 5.32 Å². The molecule has 1 fully saturated rings. The molecule has 3 aromatic heterocycles. The van der Waals surface area contributed by atoms with Gasteiger partial charge in [-0.15, -0.1) is 0 Å². The third-order valence-corrected chi connectivity index (χ3v) is 6.46. The van der Waals surface area contributed by atoms with Gasteiger partial charge in [-0.1, -0.05) is 12.1 Å². The predicted octanol–water partition coefficient (Wildman–Crippen LogP) is 5.66. The Hall–Kier alpha value is -4.27. The number of hydrogen-bond donors (Lipinski definition) is 2. The number of nitrogens with one attached hydrogen (secondary N) is 2. The van der Waals surface area contributed by atoms with Gasteiger partial charge >= 0.3 is 6.03 Å². The number of amides is 2. The van der Waals surface area contributed by atoms with Gasteiger partial charge in [-0.3, -0.25) is 4.68 Å². The maximum Gasteiger partial charge on any atom is 0.319 e. The number of carbonyl (C=O) groups excluding carboxylic acids is 1. The van der Waals surface area contributed by atoms with E-state index in [2.05, 4.69) is 20.8 Å². The summed E-state index contributed by atoms with van der Waals surface area (Å²) in [6, 6.07) is 9.28. The summed E-state index contributed by atoms with van der Waals surface area (Å²) >= 11 is 0. The second-order valence-corrected chi connectivity index (χ2v) is 9.29. The van der Waals surface area contributed by atoms with E-state index in [1.807, 2.05) is 43.7 Å². The fourth-order valence-electron chi connectivity index (χ4n) is 4.46. The van der Waals surface area contributed by atoms with Crippen molar-refractivity contribution < 1.29 is 13.6 Å². The average molecular weight is 487 g/mol. The van der Waals surface area contributed by atoms with Crippen molar-refractivity contribution in [2.24, 2.45) is 7.05 Å². The zero-order valence-electron chi connectivity index (χ0n) is 19.6. The van der Waals surface area contributed by atoms with Crippen LogP contribution < -0.4 is 10.6 Å². The van der Waals surface area contributed by atoms with E-state index in [0.717, 1.165) is 40.6 Å².